The molecule has 0 radical (unpaired) electrons. The van der Waals surface area contributed by atoms with E-state index in [0.717, 1.165) is 0 Å². The molecule has 1 N–H and O–H groups in total. The highest BCUT2D eigenvalue weighted by Gasteiger charge is 2.28. The molecule has 2 rings (SSSR count). The lowest BCUT2D eigenvalue weighted by Crippen LogP contribution is -2.20. The van der Waals surface area contributed by atoms with Crippen LogP contribution >= 0.6 is 0 Å². The summed E-state index contributed by atoms with van der Waals surface area (Å²) in [6.07, 6.45) is -1.68. The molecule has 0 unspecified atom stereocenters. The lowest BCUT2D eigenvalue weighted by atomic mass is 10.2. The molecule has 8 heteroatoms. The maximum Gasteiger partial charge on any atom is 0.422 e. The second kappa shape index (κ2) is 8.98. The zero-order chi connectivity index (χ0) is 19.9. The SMILES string of the molecule is COc1ccc(/C=C/C(=O)Nc2ccccc2OCC(F)(F)F)cc1OC. The Balaban J connectivity index is 2.07. The third-order valence-corrected chi connectivity index (χ3v) is 3.37. The number of halogens is 3. The Morgan fingerprint density at radius 1 is 1.04 bits per heavy atom. The van der Waals surface area contributed by atoms with E-state index in [9.17, 15) is 18.0 Å². The molecule has 0 heterocycles. The lowest BCUT2D eigenvalue weighted by Gasteiger charge is -2.13. The largest absolute Gasteiger partial charge is 0.493 e. The Bertz CT molecular complexity index is 819. The molecule has 0 aromatic heterocycles. The second-order valence-electron chi connectivity index (χ2n) is 5.34. The fraction of sp³-hybridized carbons (Fsp3) is 0.211. The van der Waals surface area contributed by atoms with E-state index in [4.69, 9.17) is 14.2 Å². The number of carbonyl (C=O) groups is 1. The standard InChI is InChI=1S/C19H18F3NO4/c1-25-16-9-7-13(11-17(16)26-2)8-10-18(24)23-14-5-3-4-6-15(14)27-12-19(20,21)22/h3-11H,12H2,1-2H3,(H,23,24)/b10-8+. The van der Waals surface area contributed by atoms with E-state index in [1.807, 2.05) is 0 Å². The van der Waals surface area contributed by atoms with E-state index in [2.05, 4.69) is 5.32 Å². The molecule has 0 saturated carbocycles. The van der Waals surface area contributed by atoms with E-state index in [1.165, 1.54) is 44.6 Å². The van der Waals surface area contributed by atoms with E-state index >= 15 is 0 Å². The monoisotopic (exact) mass is 381 g/mol. The van der Waals surface area contributed by atoms with Gasteiger partial charge in [0.15, 0.2) is 18.1 Å². The van der Waals surface area contributed by atoms with Crippen molar-refractivity contribution in [2.24, 2.45) is 0 Å². The summed E-state index contributed by atoms with van der Waals surface area (Å²) in [4.78, 5) is 12.1. The van der Waals surface area contributed by atoms with E-state index in [1.54, 1.807) is 24.3 Å². The summed E-state index contributed by atoms with van der Waals surface area (Å²) >= 11 is 0. The quantitative estimate of drug-likeness (QED) is 0.727. The van der Waals surface area contributed by atoms with Crippen molar-refractivity contribution < 1.29 is 32.2 Å². The summed E-state index contributed by atoms with van der Waals surface area (Å²) in [5.74, 6) is 0.469. The predicted octanol–water partition coefficient (Wildman–Crippen LogP) is 4.30. The molecule has 144 valence electrons. The number of hydrogen-bond acceptors (Lipinski definition) is 4. The van der Waals surface area contributed by atoms with Crippen molar-refractivity contribution in [1.29, 1.82) is 0 Å². The van der Waals surface area contributed by atoms with Gasteiger partial charge in [-0.25, -0.2) is 0 Å². The first-order chi connectivity index (χ1) is 12.8. The number of para-hydroxylation sites is 2. The van der Waals surface area contributed by atoms with Gasteiger partial charge in [0.1, 0.15) is 5.75 Å². The topological polar surface area (TPSA) is 56.8 Å². The Morgan fingerprint density at radius 2 is 1.74 bits per heavy atom. The molecule has 0 fully saturated rings. The number of alkyl halides is 3. The van der Waals surface area contributed by atoms with Crippen LogP contribution in [0, 0.1) is 0 Å². The average Bonchev–Trinajstić information content (AvgIpc) is 2.64. The smallest absolute Gasteiger partial charge is 0.422 e. The number of benzene rings is 2. The number of ether oxygens (including phenoxy) is 3. The predicted molar refractivity (Wildman–Crippen MR) is 95.2 cm³/mol. The molecular formula is C19H18F3NO4. The molecule has 0 bridgehead atoms. The van der Waals surface area contributed by atoms with Crippen molar-refractivity contribution in [2.45, 2.75) is 6.18 Å². The summed E-state index contributed by atoms with van der Waals surface area (Å²) in [7, 11) is 3.01. The number of anilines is 1. The summed E-state index contributed by atoms with van der Waals surface area (Å²) in [6, 6.07) is 11.0. The first-order valence-corrected chi connectivity index (χ1v) is 7.82. The van der Waals surface area contributed by atoms with Crippen LogP contribution in [0.2, 0.25) is 0 Å². The Morgan fingerprint density at radius 3 is 2.41 bits per heavy atom. The molecule has 0 spiro atoms. The Kier molecular flexibility index (Phi) is 6.70. The van der Waals surface area contributed by atoms with Crippen molar-refractivity contribution in [3.05, 3.63) is 54.1 Å². The van der Waals surface area contributed by atoms with Gasteiger partial charge >= 0.3 is 6.18 Å². The fourth-order valence-corrected chi connectivity index (χ4v) is 2.16. The highest BCUT2D eigenvalue weighted by Crippen LogP contribution is 2.28. The third kappa shape index (κ3) is 6.25. The highest BCUT2D eigenvalue weighted by atomic mass is 19.4. The molecule has 0 aliphatic rings. The van der Waals surface area contributed by atoms with Gasteiger partial charge in [-0.1, -0.05) is 18.2 Å². The van der Waals surface area contributed by atoms with Crippen molar-refractivity contribution >= 4 is 17.7 Å². The second-order valence-corrected chi connectivity index (χ2v) is 5.34. The van der Waals surface area contributed by atoms with Crippen LogP contribution in [-0.4, -0.2) is 32.9 Å². The molecule has 2 aromatic rings. The first kappa shape index (κ1) is 20.2. The van der Waals surface area contributed by atoms with Crippen LogP contribution < -0.4 is 19.5 Å². The van der Waals surface area contributed by atoms with Crippen LogP contribution in [0.15, 0.2) is 48.5 Å². The number of rotatable bonds is 7. The molecule has 0 aliphatic heterocycles. The average molecular weight is 381 g/mol. The fourth-order valence-electron chi connectivity index (χ4n) is 2.16. The molecular weight excluding hydrogens is 363 g/mol. The molecule has 2 aromatic carbocycles. The van der Waals surface area contributed by atoms with Gasteiger partial charge in [0.05, 0.1) is 19.9 Å². The minimum absolute atomic E-state index is 0.0670. The van der Waals surface area contributed by atoms with Crippen LogP contribution in [0.1, 0.15) is 5.56 Å². The molecule has 0 atom stereocenters. The summed E-state index contributed by atoms with van der Waals surface area (Å²) in [5, 5.41) is 2.49. The van der Waals surface area contributed by atoms with Gasteiger partial charge in [0.25, 0.3) is 0 Å². The maximum absolute atomic E-state index is 12.3. The summed E-state index contributed by atoms with van der Waals surface area (Å²) in [6.45, 7) is -1.44. The zero-order valence-corrected chi connectivity index (χ0v) is 14.7. The normalized spacial score (nSPS) is 11.3. The van der Waals surface area contributed by atoms with Crippen molar-refractivity contribution in [1.82, 2.24) is 0 Å². The van der Waals surface area contributed by atoms with Crippen molar-refractivity contribution in [3.63, 3.8) is 0 Å². The van der Waals surface area contributed by atoms with Gasteiger partial charge < -0.3 is 19.5 Å². The maximum atomic E-state index is 12.3. The van der Waals surface area contributed by atoms with Crippen LogP contribution in [0.4, 0.5) is 18.9 Å². The van der Waals surface area contributed by atoms with Gasteiger partial charge in [-0.05, 0) is 35.9 Å². The molecule has 5 nitrogen and oxygen atoms in total. The molecule has 1 amide bonds. The summed E-state index contributed by atoms with van der Waals surface area (Å²) < 4.78 is 52.0. The zero-order valence-electron chi connectivity index (χ0n) is 14.7. The molecule has 0 aliphatic carbocycles. The third-order valence-electron chi connectivity index (χ3n) is 3.37. The van der Waals surface area contributed by atoms with Crippen molar-refractivity contribution in [2.75, 3.05) is 26.1 Å². The van der Waals surface area contributed by atoms with Gasteiger partial charge in [-0.2, -0.15) is 13.2 Å². The first-order valence-electron chi connectivity index (χ1n) is 7.82. The van der Waals surface area contributed by atoms with E-state index < -0.39 is 18.7 Å². The number of methoxy groups -OCH3 is 2. The summed E-state index contributed by atoms with van der Waals surface area (Å²) in [5.41, 5.74) is 0.827. The molecule has 27 heavy (non-hydrogen) atoms. The number of hydrogen-bond donors (Lipinski definition) is 1. The number of amides is 1. The Hall–Kier alpha value is -3.16. The van der Waals surface area contributed by atoms with Crippen LogP contribution in [0.3, 0.4) is 0 Å². The van der Waals surface area contributed by atoms with Crippen LogP contribution in [0.25, 0.3) is 6.08 Å². The van der Waals surface area contributed by atoms with Crippen LogP contribution in [0.5, 0.6) is 17.2 Å². The highest BCUT2D eigenvalue weighted by molar-refractivity contribution is 6.02. The van der Waals surface area contributed by atoms with E-state index in [0.29, 0.717) is 17.1 Å². The lowest BCUT2D eigenvalue weighted by molar-refractivity contribution is -0.153. The minimum Gasteiger partial charge on any atom is -0.493 e. The Labute approximate surface area is 154 Å². The van der Waals surface area contributed by atoms with Crippen LogP contribution in [-0.2, 0) is 4.79 Å². The van der Waals surface area contributed by atoms with Gasteiger partial charge in [-0.3, -0.25) is 4.79 Å². The van der Waals surface area contributed by atoms with Gasteiger partial charge in [0.2, 0.25) is 5.91 Å². The van der Waals surface area contributed by atoms with Crippen molar-refractivity contribution in [3.8, 4) is 17.2 Å². The number of nitrogens with one attached hydrogen (secondary N) is 1. The minimum atomic E-state index is -4.47. The van der Waals surface area contributed by atoms with Gasteiger partial charge in [0, 0.05) is 6.08 Å². The van der Waals surface area contributed by atoms with Gasteiger partial charge in [-0.15, -0.1) is 0 Å². The molecule has 0 saturated heterocycles. The number of carbonyl (C=O) groups excluding carboxylic acids is 1. The van der Waals surface area contributed by atoms with E-state index in [-0.39, 0.29) is 11.4 Å².